The van der Waals surface area contributed by atoms with Gasteiger partial charge in [-0.25, -0.2) is 33.7 Å². The summed E-state index contributed by atoms with van der Waals surface area (Å²) in [5.41, 5.74) is -0.0341. The third kappa shape index (κ3) is 6.03. The lowest BCUT2D eigenvalue weighted by Gasteiger charge is -2.25. The van der Waals surface area contributed by atoms with Crippen LogP contribution in [0.15, 0.2) is 86.1 Å². The Morgan fingerprint density at radius 1 is 0.660 bits per heavy atom. The number of carbonyl (C=O) groups excluding carboxylic acids is 2. The molecular weight excluding hydrogens is 686 g/mol. The van der Waals surface area contributed by atoms with Gasteiger partial charge in [0.1, 0.15) is 17.1 Å². The van der Waals surface area contributed by atoms with Gasteiger partial charge >= 0.3 is 0 Å². The summed E-state index contributed by atoms with van der Waals surface area (Å²) in [6.07, 6.45) is 13.9. The second-order valence-electron chi connectivity index (χ2n) is 12.7. The molecule has 8 rings (SSSR count). The number of anilines is 2. The molecule has 3 N–H and O–H groups in total. The molecule has 0 aromatic carbocycles. The molecule has 14 nitrogen and oxygen atoms in total. The second kappa shape index (κ2) is 13.0. The van der Waals surface area contributed by atoms with Gasteiger partial charge in [-0.3, -0.25) is 24.5 Å². The Labute approximate surface area is 299 Å². The number of amides is 2. The first-order valence-electron chi connectivity index (χ1n) is 16.4. The Morgan fingerprint density at radius 2 is 1.21 bits per heavy atom. The van der Waals surface area contributed by atoms with E-state index >= 15 is 0 Å². The first kappa shape index (κ1) is 33.3. The van der Waals surface area contributed by atoms with Gasteiger partial charge in [0.05, 0.1) is 60.3 Å². The van der Waals surface area contributed by atoms with Crippen LogP contribution in [0.25, 0.3) is 45.0 Å². The van der Waals surface area contributed by atoms with Crippen LogP contribution in [0.3, 0.4) is 0 Å². The minimum Gasteiger partial charge on any atom is -0.495 e. The summed E-state index contributed by atoms with van der Waals surface area (Å²) in [7, 11) is 1.49. The number of aromatic nitrogens is 8. The number of halogens is 2. The van der Waals surface area contributed by atoms with Crippen LogP contribution < -0.4 is 15.4 Å². The lowest BCUT2D eigenvalue weighted by Crippen LogP contribution is -2.40. The molecule has 2 aliphatic rings. The third-order valence-corrected chi connectivity index (χ3v) is 9.61. The number of nitrogens with zero attached hydrogens (tertiary/aromatic N) is 8. The zero-order valence-corrected chi connectivity index (χ0v) is 27.9. The molecule has 2 amide bonds. The normalized spacial score (nSPS) is 14.9. The summed E-state index contributed by atoms with van der Waals surface area (Å²) in [6.45, 7) is 0. The summed E-state index contributed by atoms with van der Waals surface area (Å²) >= 11 is 0. The molecule has 53 heavy (non-hydrogen) atoms. The predicted octanol–water partition coefficient (Wildman–Crippen LogP) is 5.64. The number of methoxy groups -OCH3 is 1. The van der Waals surface area contributed by atoms with E-state index in [2.05, 4.69) is 50.5 Å². The van der Waals surface area contributed by atoms with Crippen LogP contribution in [-0.2, 0) is 9.59 Å². The number of carbonyl (C=O) groups is 2. The lowest BCUT2D eigenvalue weighted by atomic mass is 9.83. The smallest absolute Gasteiger partial charge is 0.232 e. The van der Waals surface area contributed by atoms with Crippen LogP contribution in [0.1, 0.15) is 25.7 Å². The van der Waals surface area contributed by atoms with Crippen molar-refractivity contribution in [3.8, 4) is 56.7 Å². The van der Waals surface area contributed by atoms with E-state index in [1.807, 2.05) is 0 Å². The average molecular weight is 715 g/mol. The van der Waals surface area contributed by atoms with E-state index in [9.17, 15) is 23.5 Å². The SMILES string of the molecule is COc1cncc(-c2nc(NC(=O)C3(C4(C(=O)Nc5cnc(-c6ccncc6F)c(-c6ccc(O)nc6)n5)CC4)CC3)cnc2-c2ccncc2F)c1. The Bertz CT molecular complexity index is 2410. The predicted molar refractivity (Wildman–Crippen MR) is 186 cm³/mol. The fraction of sp³-hybridized carbons (Fsp3) is 0.189. The van der Waals surface area contributed by atoms with Crippen molar-refractivity contribution in [3.63, 3.8) is 0 Å². The molecule has 0 atom stereocenters. The van der Waals surface area contributed by atoms with E-state index < -0.39 is 34.3 Å². The number of hydrogen-bond donors (Lipinski definition) is 3. The van der Waals surface area contributed by atoms with Crippen LogP contribution in [0, 0.1) is 22.5 Å². The van der Waals surface area contributed by atoms with E-state index in [0.29, 0.717) is 42.6 Å². The van der Waals surface area contributed by atoms with Crippen molar-refractivity contribution in [2.45, 2.75) is 25.7 Å². The summed E-state index contributed by atoms with van der Waals surface area (Å²) in [5, 5.41) is 15.4. The quantitative estimate of drug-likeness (QED) is 0.158. The molecule has 2 saturated carbocycles. The first-order chi connectivity index (χ1) is 25.7. The first-order valence-corrected chi connectivity index (χ1v) is 16.4. The highest BCUT2D eigenvalue weighted by molar-refractivity contribution is 6.06. The van der Waals surface area contributed by atoms with Gasteiger partial charge in [-0.05, 0) is 49.9 Å². The lowest BCUT2D eigenvalue weighted by molar-refractivity contribution is -0.132. The van der Waals surface area contributed by atoms with Gasteiger partial charge < -0.3 is 20.5 Å². The monoisotopic (exact) mass is 714 g/mol. The van der Waals surface area contributed by atoms with Crippen LogP contribution in [0.5, 0.6) is 11.6 Å². The number of aromatic hydroxyl groups is 1. The van der Waals surface area contributed by atoms with Gasteiger partial charge in [0.25, 0.3) is 0 Å². The maximum Gasteiger partial charge on any atom is 0.232 e. The summed E-state index contributed by atoms with van der Waals surface area (Å²) < 4.78 is 35.0. The van der Waals surface area contributed by atoms with E-state index in [4.69, 9.17) is 4.74 Å². The van der Waals surface area contributed by atoms with E-state index in [1.54, 1.807) is 12.1 Å². The molecule has 264 valence electrons. The average Bonchev–Trinajstić information content (AvgIpc) is 4.11. The minimum absolute atomic E-state index is 0.0834. The maximum absolute atomic E-state index is 14.9. The van der Waals surface area contributed by atoms with E-state index in [0.717, 1.165) is 12.4 Å². The summed E-state index contributed by atoms with van der Waals surface area (Å²) in [4.78, 5) is 62.0. The van der Waals surface area contributed by atoms with Gasteiger partial charge in [0, 0.05) is 53.1 Å². The summed E-state index contributed by atoms with van der Waals surface area (Å²) in [5.74, 6) is -1.63. The standard InChI is InChI=1S/C37H28F2N10O4/c1-53-22-12-21(13-42-15-22)31-33(24-5-11-41-17-26(24)39)45-19-28(47-31)49-35(52)37(8-9-37)36(6-7-36)34(51)48-27-18-44-32(23-4-10-40-16-25(23)38)30(46-27)20-2-3-29(50)43-14-20/h2-5,10-19H,6-9H2,1H3,(H,43,50)(H,46,48,51)(H,47,49,52). The highest BCUT2D eigenvalue weighted by atomic mass is 19.1. The zero-order valence-electron chi connectivity index (χ0n) is 27.9. The molecule has 2 fully saturated rings. The number of pyridine rings is 4. The van der Waals surface area contributed by atoms with Crippen molar-refractivity contribution in [2.24, 2.45) is 10.8 Å². The number of ether oxygens (including phenoxy) is 1. The zero-order chi connectivity index (χ0) is 36.7. The topological polar surface area (TPSA) is 191 Å². The molecule has 0 spiro atoms. The molecule has 2 aliphatic carbocycles. The molecule has 0 aliphatic heterocycles. The molecule has 0 bridgehead atoms. The molecule has 6 aromatic heterocycles. The number of nitrogens with one attached hydrogen (secondary N) is 2. The Balaban J connectivity index is 1.08. The van der Waals surface area contributed by atoms with E-state index in [1.165, 1.54) is 68.7 Å². The van der Waals surface area contributed by atoms with Crippen molar-refractivity contribution >= 4 is 23.5 Å². The molecule has 16 heteroatoms. The van der Waals surface area contributed by atoms with Crippen molar-refractivity contribution in [1.29, 1.82) is 0 Å². The molecule has 6 aromatic rings. The second-order valence-corrected chi connectivity index (χ2v) is 12.7. The Kier molecular flexibility index (Phi) is 8.20. The van der Waals surface area contributed by atoms with Gasteiger partial charge in [0.2, 0.25) is 17.7 Å². The van der Waals surface area contributed by atoms with Crippen LogP contribution in [-0.4, -0.2) is 63.9 Å². The fourth-order valence-corrected chi connectivity index (χ4v) is 6.58. The van der Waals surface area contributed by atoms with Crippen molar-refractivity contribution in [2.75, 3.05) is 17.7 Å². The van der Waals surface area contributed by atoms with Gasteiger partial charge in [-0.2, -0.15) is 0 Å². The molecule has 0 unspecified atom stereocenters. The highest BCUT2D eigenvalue weighted by Gasteiger charge is 2.73. The Hall–Kier alpha value is -6.84. The van der Waals surface area contributed by atoms with Gasteiger partial charge in [0.15, 0.2) is 23.3 Å². The number of rotatable bonds is 10. The fourth-order valence-electron chi connectivity index (χ4n) is 6.58. The minimum atomic E-state index is -1.03. The van der Waals surface area contributed by atoms with Crippen molar-refractivity contribution in [3.05, 3.63) is 97.7 Å². The highest BCUT2D eigenvalue weighted by Crippen LogP contribution is 2.71. The molecule has 6 heterocycles. The van der Waals surface area contributed by atoms with Gasteiger partial charge in [-0.15, -0.1) is 0 Å². The van der Waals surface area contributed by atoms with E-state index in [-0.39, 0.29) is 51.4 Å². The van der Waals surface area contributed by atoms with Crippen LogP contribution >= 0.6 is 0 Å². The van der Waals surface area contributed by atoms with Crippen LogP contribution in [0.2, 0.25) is 0 Å². The third-order valence-electron chi connectivity index (χ3n) is 9.61. The molecule has 0 radical (unpaired) electrons. The Morgan fingerprint density at radius 3 is 1.68 bits per heavy atom. The molecular formula is C37H28F2N10O4. The number of hydrogen-bond acceptors (Lipinski definition) is 12. The van der Waals surface area contributed by atoms with Crippen molar-refractivity contribution < 1.29 is 28.2 Å². The maximum atomic E-state index is 14.9. The van der Waals surface area contributed by atoms with Crippen molar-refractivity contribution in [1.82, 2.24) is 39.9 Å². The summed E-state index contributed by atoms with van der Waals surface area (Å²) in [6, 6.07) is 7.50. The van der Waals surface area contributed by atoms with Crippen LogP contribution in [0.4, 0.5) is 20.4 Å². The largest absolute Gasteiger partial charge is 0.495 e. The molecule has 0 saturated heterocycles. The van der Waals surface area contributed by atoms with Gasteiger partial charge in [-0.1, -0.05) is 0 Å².